The van der Waals surface area contributed by atoms with Crippen LogP contribution in [0.3, 0.4) is 0 Å². The molecule has 5 heteroatoms. The molecule has 0 unspecified atom stereocenters. The molecule has 1 saturated carbocycles. The Kier molecular flexibility index (Phi) is 2.61. The molecular formula is C13H21BN2O2. The first-order valence-electron chi connectivity index (χ1n) is 6.79. The van der Waals surface area contributed by atoms with E-state index in [1.54, 1.807) is 0 Å². The standard InChI is InChI=1S/C13H21BN2O2/c1-12(2)13(3,4)18-14(17-12)10-8-15-16(9-10)11-6-5-7-11/h8-9,11H,5-7H2,1-4H3. The van der Waals surface area contributed by atoms with Gasteiger partial charge in [0, 0.05) is 17.9 Å². The molecule has 0 atom stereocenters. The highest BCUT2D eigenvalue weighted by Crippen LogP contribution is 2.36. The van der Waals surface area contributed by atoms with Gasteiger partial charge in [-0.2, -0.15) is 5.10 Å². The van der Waals surface area contributed by atoms with Gasteiger partial charge in [0.15, 0.2) is 0 Å². The Morgan fingerprint density at radius 3 is 2.33 bits per heavy atom. The summed E-state index contributed by atoms with van der Waals surface area (Å²) < 4.78 is 14.1. The van der Waals surface area contributed by atoms with Gasteiger partial charge in [0.25, 0.3) is 0 Å². The molecule has 1 aliphatic heterocycles. The van der Waals surface area contributed by atoms with Gasteiger partial charge < -0.3 is 9.31 Å². The van der Waals surface area contributed by atoms with Gasteiger partial charge in [-0.1, -0.05) is 0 Å². The van der Waals surface area contributed by atoms with Crippen molar-refractivity contribution in [1.29, 1.82) is 0 Å². The molecule has 1 saturated heterocycles. The second-order valence-electron chi connectivity index (χ2n) is 6.43. The quantitative estimate of drug-likeness (QED) is 0.750. The van der Waals surface area contributed by atoms with Crippen LogP contribution in [-0.2, 0) is 9.31 Å². The van der Waals surface area contributed by atoms with Gasteiger partial charge in [0.2, 0.25) is 0 Å². The van der Waals surface area contributed by atoms with Gasteiger partial charge in [-0.3, -0.25) is 4.68 Å². The fraction of sp³-hybridized carbons (Fsp3) is 0.769. The molecule has 1 aromatic rings. The van der Waals surface area contributed by atoms with Crippen molar-refractivity contribution in [2.24, 2.45) is 0 Å². The molecule has 98 valence electrons. The Morgan fingerprint density at radius 1 is 1.22 bits per heavy atom. The van der Waals surface area contributed by atoms with Crippen molar-refractivity contribution in [3.8, 4) is 0 Å². The third kappa shape index (κ3) is 1.80. The molecule has 0 aromatic carbocycles. The predicted octanol–water partition coefficient (Wildman–Crippen LogP) is 1.91. The minimum absolute atomic E-state index is 0.282. The molecule has 3 rings (SSSR count). The maximum atomic E-state index is 6.02. The zero-order valence-corrected chi connectivity index (χ0v) is 11.6. The average molecular weight is 248 g/mol. The van der Waals surface area contributed by atoms with Gasteiger partial charge in [0.05, 0.1) is 17.2 Å². The Hall–Kier alpha value is -0.805. The first-order valence-corrected chi connectivity index (χ1v) is 6.79. The van der Waals surface area contributed by atoms with E-state index >= 15 is 0 Å². The summed E-state index contributed by atoms with van der Waals surface area (Å²) in [4.78, 5) is 0. The van der Waals surface area contributed by atoms with E-state index in [4.69, 9.17) is 9.31 Å². The zero-order valence-electron chi connectivity index (χ0n) is 11.6. The first-order chi connectivity index (χ1) is 8.39. The van der Waals surface area contributed by atoms with E-state index in [0.29, 0.717) is 6.04 Å². The topological polar surface area (TPSA) is 36.3 Å². The SMILES string of the molecule is CC1(C)OB(c2cnn(C3CCC3)c2)OC1(C)C. The van der Waals surface area contributed by atoms with Crippen LogP contribution in [0.2, 0.25) is 0 Å². The van der Waals surface area contributed by atoms with E-state index in [1.807, 2.05) is 6.20 Å². The fourth-order valence-electron chi connectivity index (χ4n) is 2.30. The monoisotopic (exact) mass is 248 g/mol. The van der Waals surface area contributed by atoms with Gasteiger partial charge >= 0.3 is 7.12 Å². The lowest BCUT2D eigenvalue weighted by Gasteiger charge is -2.32. The maximum Gasteiger partial charge on any atom is 0.498 e. The third-order valence-electron chi connectivity index (χ3n) is 4.60. The molecule has 0 spiro atoms. The first kappa shape index (κ1) is 12.2. The van der Waals surface area contributed by atoms with Crippen molar-refractivity contribution in [3.63, 3.8) is 0 Å². The lowest BCUT2D eigenvalue weighted by molar-refractivity contribution is 0.00578. The summed E-state index contributed by atoms with van der Waals surface area (Å²) in [5, 5.41) is 4.43. The lowest BCUT2D eigenvalue weighted by Crippen LogP contribution is -2.41. The Morgan fingerprint density at radius 2 is 1.83 bits per heavy atom. The smallest absolute Gasteiger partial charge is 0.399 e. The summed E-state index contributed by atoms with van der Waals surface area (Å²) in [5.74, 6) is 0. The highest BCUT2D eigenvalue weighted by atomic mass is 16.7. The van der Waals surface area contributed by atoms with E-state index in [9.17, 15) is 0 Å². The molecule has 0 bridgehead atoms. The van der Waals surface area contributed by atoms with Crippen LogP contribution in [0, 0.1) is 0 Å². The van der Waals surface area contributed by atoms with Crippen LogP contribution in [0.15, 0.2) is 12.4 Å². The van der Waals surface area contributed by atoms with Crippen molar-refractivity contribution in [2.75, 3.05) is 0 Å². The van der Waals surface area contributed by atoms with Crippen LogP contribution in [-0.4, -0.2) is 28.1 Å². The number of aromatic nitrogens is 2. The summed E-state index contributed by atoms with van der Waals surface area (Å²) in [6.07, 6.45) is 7.75. The summed E-state index contributed by atoms with van der Waals surface area (Å²) in [6.45, 7) is 8.29. The molecule has 1 aliphatic carbocycles. The molecule has 2 fully saturated rings. The maximum absolute atomic E-state index is 6.02. The number of hydrogen-bond acceptors (Lipinski definition) is 3. The normalized spacial score (nSPS) is 26.3. The highest BCUT2D eigenvalue weighted by molar-refractivity contribution is 6.61. The van der Waals surface area contributed by atoms with Crippen LogP contribution in [0.1, 0.15) is 53.0 Å². The summed E-state index contributed by atoms with van der Waals surface area (Å²) in [6, 6.07) is 0.584. The van der Waals surface area contributed by atoms with Gasteiger partial charge in [-0.25, -0.2) is 0 Å². The molecule has 18 heavy (non-hydrogen) atoms. The number of hydrogen-bond donors (Lipinski definition) is 0. The zero-order chi connectivity index (χ0) is 13.0. The average Bonchev–Trinajstić information content (AvgIpc) is 2.68. The van der Waals surface area contributed by atoms with Gasteiger partial charge in [-0.05, 0) is 47.0 Å². The van der Waals surface area contributed by atoms with Crippen molar-refractivity contribution < 1.29 is 9.31 Å². The molecule has 1 aromatic heterocycles. The summed E-state index contributed by atoms with van der Waals surface area (Å²) in [5.41, 5.74) is 0.465. The number of nitrogens with zero attached hydrogens (tertiary/aromatic N) is 2. The van der Waals surface area contributed by atoms with E-state index < -0.39 is 0 Å². The molecule has 4 nitrogen and oxygen atoms in total. The highest BCUT2D eigenvalue weighted by Gasteiger charge is 2.52. The molecule has 0 N–H and O–H groups in total. The minimum atomic E-state index is -0.288. The van der Waals surface area contributed by atoms with Gasteiger partial charge in [-0.15, -0.1) is 0 Å². The predicted molar refractivity (Wildman–Crippen MR) is 70.8 cm³/mol. The van der Waals surface area contributed by atoms with Crippen LogP contribution in [0.5, 0.6) is 0 Å². The van der Waals surface area contributed by atoms with Crippen LogP contribution in [0.4, 0.5) is 0 Å². The molecule has 0 radical (unpaired) electrons. The van der Waals surface area contributed by atoms with Crippen molar-refractivity contribution in [1.82, 2.24) is 9.78 Å². The van der Waals surface area contributed by atoms with Crippen molar-refractivity contribution >= 4 is 12.6 Å². The molecular weight excluding hydrogens is 227 g/mol. The lowest BCUT2D eigenvalue weighted by atomic mass is 9.82. The Labute approximate surface area is 109 Å². The summed E-state index contributed by atoms with van der Waals surface area (Å²) in [7, 11) is -0.288. The van der Waals surface area contributed by atoms with Crippen molar-refractivity contribution in [3.05, 3.63) is 12.4 Å². The van der Waals surface area contributed by atoms with E-state index in [-0.39, 0.29) is 18.3 Å². The fourth-order valence-corrected chi connectivity index (χ4v) is 2.30. The molecule has 2 heterocycles. The Bertz CT molecular complexity index is 436. The van der Waals surface area contributed by atoms with E-state index in [2.05, 4.69) is 43.7 Å². The molecule has 0 amide bonds. The third-order valence-corrected chi connectivity index (χ3v) is 4.60. The summed E-state index contributed by atoms with van der Waals surface area (Å²) >= 11 is 0. The second kappa shape index (κ2) is 3.84. The molecule has 2 aliphatic rings. The van der Waals surface area contributed by atoms with E-state index in [0.717, 1.165) is 5.46 Å². The van der Waals surface area contributed by atoms with Crippen molar-refractivity contribution in [2.45, 2.75) is 64.2 Å². The van der Waals surface area contributed by atoms with Crippen LogP contribution in [0.25, 0.3) is 0 Å². The minimum Gasteiger partial charge on any atom is -0.399 e. The second-order valence-corrected chi connectivity index (χ2v) is 6.43. The largest absolute Gasteiger partial charge is 0.498 e. The van der Waals surface area contributed by atoms with Crippen LogP contribution >= 0.6 is 0 Å². The number of rotatable bonds is 2. The Balaban J connectivity index is 1.78. The van der Waals surface area contributed by atoms with E-state index in [1.165, 1.54) is 19.3 Å². The van der Waals surface area contributed by atoms with Crippen LogP contribution < -0.4 is 5.46 Å². The van der Waals surface area contributed by atoms with Gasteiger partial charge in [0.1, 0.15) is 0 Å².